The highest BCUT2D eigenvalue weighted by molar-refractivity contribution is 7.16. The van der Waals surface area contributed by atoms with Crippen LogP contribution in [0.4, 0.5) is 0 Å². The molecule has 0 aromatic carbocycles. The van der Waals surface area contributed by atoms with E-state index in [-0.39, 0.29) is 29.9 Å². The molecule has 2 aromatic heterocycles. The topological polar surface area (TPSA) is 76.0 Å². The van der Waals surface area contributed by atoms with Crippen molar-refractivity contribution >= 4 is 39.9 Å². The minimum Gasteiger partial charge on any atom is -0.352 e. The second kappa shape index (κ2) is 7.90. The van der Waals surface area contributed by atoms with Crippen LogP contribution in [0, 0.1) is 0 Å². The van der Waals surface area contributed by atoms with Crippen molar-refractivity contribution in [1.82, 2.24) is 20.2 Å². The lowest BCUT2D eigenvalue weighted by Gasteiger charge is -2.30. The van der Waals surface area contributed by atoms with Crippen molar-refractivity contribution in [3.8, 4) is 0 Å². The summed E-state index contributed by atoms with van der Waals surface area (Å²) in [5.41, 5.74) is -0.0771. The SMILES string of the molecule is CC1NCCCC1NC(=O)CCn1cnc2sccc2c1=O.Cl. The summed E-state index contributed by atoms with van der Waals surface area (Å²) in [6.07, 6.45) is 3.90. The fraction of sp³-hybridized carbons (Fsp3) is 0.533. The molecule has 0 radical (unpaired) electrons. The van der Waals surface area contributed by atoms with E-state index in [4.69, 9.17) is 0 Å². The molecule has 2 atom stereocenters. The second-order valence-electron chi connectivity index (χ2n) is 5.69. The first kappa shape index (κ1) is 17.9. The van der Waals surface area contributed by atoms with Crippen LogP contribution in [0.3, 0.4) is 0 Å². The Labute approximate surface area is 144 Å². The normalized spacial score (nSPS) is 20.9. The third kappa shape index (κ3) is 4.10. The Bertz CT molecular complexity index is 730. The van der Waals surface area contributed by atoms with Gasteiger partial charge in [0.25, 0.3) is 5.56 Å². The molecule has 1 aliphatic heterocycles. The summed E-state index contributed by atoms with van der Waals surface area (Å²) in [6, 6.07) is 2.25. The summed E-state index contributed by atoms with van der Waals surface area (Å²) in [5.74, 6) is -0.0159. The zero-order valence-corrected chi connectivity index (χ0v) is 14.6. The average molecular weight is 357 g/mol. The number of piperidine rings is 1. The van der Waals surface area contributed by atoms with Crippen LogP contribution in [-0.4, -0.2) is 34.1 Å². The van der Waals surface area contributed by atoms with Crippen LogP contribution in [0.5, 0.6) is 0 Å². The van der Waals surface area contributed by atoms with E-state index in [0.717, 1.165) is 24.2 Å². The molecule has 23 heavy (non-hydrogen) atoms. The number of amides is 1. The van der Waals surface area contributed by atoms with Gasteiger partial charge in [0.05, 0.1) is 11.7 Å². The van der Waals surface area contributed by atoms with Crippen molar-refractivity contribution in [2.45, 2.75) is 44.8 Å². The van der Waals surface area contributed by atoms with Crippen LogP contribution < -0.4 is 16.2 Å². The molecule has 8 heteroatoms. The molecule has 0 aliphatic carbocycles. The number of hydrogen-bond donors (Lipinski definition) is 2. The van der Waals surface area contributed by atoms with E-state index in [2.05, 4.69) is 22.5 Å². The van der Waals surface area contributed by atoms with E-state index in [1.165, 1.54) is 22.2 Å². The van der Waals surface area contributed by atoms with Crippen molar-refractivity contribution in [3.05, 3.63) is 28.1 Å². The zero-order chi connectivity index (χ0) is 15.5. The molecule has 0 saturated carbocycles. The molecular weight excluding hydrogens is 336 g/mol. The lowest BCUT2D eigenvalue weighted by Crippen LogP contribution is -2.52. The number of nitrogens with one attached hydrogen (secondary N) is 2. The third-order valence-corrected chi connectivity index (χ3v) is 4.96. The Morgan fingerprint density at radius 1 is 1.57 bits per heavy atom. The quantitative estimate of drug-likeness (QED) is 0.871. The maximum absolute atomic E-state index is 12.2. The zero-order valence-electron chi connectivity index (χ0n) is 12.9. The Hall–Kier alpha value is -1.44. The van der Waals surface area contributed by atoms with Gasteiger partial charge >= 0.3 is 0 Å². The number of nitrogens with zero attached hydrogens (tertiary/aromatic N) is 2. The Morgan fingerprint density at radius 2 is 2.39 bits per heavy atom. The number of aryl methyl sites for hydroxylation is 1. The van der Waals surface area contributed by atoms with Gasteiger partial charge < -0.3 is 10.6 Å². The van der Waals surface area contributed by atoms with Gasteiger partial charge in [-0.25, -0.2) is 4.98 Å². The van der Waals surface area contributed by atoms with E-state index in [9.17, 15) is 9.59 Å². The molecular formula is C15H21ClN4O2S. The number of carbonyl (C=O) groups is 1. The molecule has 1 fully saturated rings. The van der Waals surface area contributed by atoms with Crippen LogP contribution >= 0.6 is 23.7 Å². The first-order valence-corrected chi connectivity index (χ1v) is 8.48. The summed E-state index contributed by atoms with van der Waals surface area (Å²) >= 11 is 1.45. The minimum absolute atomic E-state index is 0. The Kier molecular flexibility index (Phi) is 6.15. The number of hydrogen-bond acceptors (Lipinski definition) is 5. The maximum Gasteiger partial charge on any atom is 0.262 e. The average Bonchev–Trinajstić information content (AvgIpc) is 2.98. The molecule has 0 spiro atoms. The predicted octanol–water partition coefficient (Wildman–Crippen LogP) is 1.53. The molecule has 1 amide bonds. The van der Waals surface area contributed by atoms with E-state index in [1.807, 2.05) is 5.38 Å². The summed E-state index contributed by atoms with van der Waals surface area (Å²) in [6.45, 7) is 3.45. The fourth-order valence-corrected chi connectivity index (χ4v) is 3.52. The largest absolute Gasteiger partial charge is 0.352 e. The van der Waals surface area contributed by atoms with Crippen molar-refractivity contribution < 1.29 is 4.79 Å². The molecule has 0 bridgehead atoms. The fourth-order valence-electron chi connectivity index (χ4n) is 2.79. The van der Waals surface area contributed by atoms with Crippen molar-refractivity contribution in [1.29, 1.82) is 0 Å². The summed E-state index contributed by atoms with van der Waals surface area (Å²) in [4.78, 5) is 29.3. The first-order chi connectivity index (χ1) is 10.6. The summed E-state index contributed by atoms with van der Waals surface area (Å²) < 4.78 is 1.51. The predicted molar refractivity (Wildman–Crippen MR) is 94.4 cm³/mol. The van der Waals surface area contributed by atoms with E-state index in [0.29, 0.717) is 24.4 Å². The number of halogens is 1. The number of thiophene rings is 1. The highest BCUT2D eigenvalue weighted by Crippen LogP contribution is 2.13. The first-order valence-electron chi connectivity index (χ1n) is 7.60. The molecule has 1 saturated heterocycles. The van der Waals surface area contributed by atoms with E-state index >= 15 is 0 Å². The van der Waals surface area contributed by atoms with Gasteiger partial charge in [0.1, 0.15) is 4.83 Å². The maximum atomic E-state index is 12.2. The highest BCUT2D eigenvalue weighted by atomic mass is 35.5. The molecule has 2 N–H and O–H groups in total. The molecule has 1 aliphatic rings. The standard InChI is InChI=1S/C15H20N4O2S.ClH/c1-10-12(3-2-6-16-10)18-13(20)4-7-19-9-17-14-11(15(19)21)5-8-22-14;/h5,8-10,12,16H,2-4,6-7H2,1H3,(H,18,20);1H. The van der Waals surface area contributed by atoms with Gasteiger partial charge in [0.15, 0.2) is 0 Å². The number of rotatable bonds is 4. The van der Waals surface area contributed by atoms with Crippen molar-refractivity contribution in [2.24, 2.45) is 0 Å². The van der Waals surface area contributed by atoms with Crippen molar-refractivity contribution in [2.75, 3.05) is 6.54 Å². The molecule has 126 valence electrons. The van der Waals surface area contributed by atoms with Gasteiger partial charge in [-0.15, -0.1) is 23.7 Å². The Morgan fingerprint density at radius 3 is 3.17 bits per heavy atom. The van der Waals surface area contributed by atoms with Gasteiger partial charge in [0.2, 0.25) is 5.91 Å². The van der Waals surface area contributed by atoms with Gasteiger partial charge in [-0.1, -0.05) is 0 Å². The van der Waals surface area contributed by atoms with Gasteiger partial charge in [-0.3, -0.25) is 14.2 Å². The summed E-state index contributed by atoms with van der Waals surface area (Å²) in [5, 5.41) is 8.89. The van der Waals surface area contributed by atoms with E-state index < -0.39 is 0 Å². The molecule has 2 aromatic rings. The van der Waals surface area contributed by atoms with Crippen molar-refractivity contribution in [3.63, 3.8) is 0 Å². The van der Waals surface area contributed by atoms with Crippen LogP contribution in [0.1, 0.15) is 26.2 Å². The smallest absolute Gasteiger partial charge is 0.262 e. The number of fused-ring (bicyclic) bond motifs is 1. The summed E-state index contributed by atoms with van der Waals surface area (Å²) in [7, 11) is 0. The molecule has 2 unspecified atom stereocenters. The third-order valence-electron chi connectivity index (χ3n) is 4.14. The Balaban J connectivity index is 0.00000192. The number of aromatic nitrogens is 2. The minimum atomic E-state index is -0.0771. The van der Waals surface area contributed by atoms with Gasteiger partial charge in [0, 0.05) is 25.0 Å². The van der Waals surface area contributed by atoms with Crippen LogP contribution in [-0.2, 0) is 11.3 Å². The molecule has 3 rings (SSSR count). The number of carbonyl (C=O) groups excluding carboxylic acids is 1. The van der Waals surface area contributed by atoms with Crippen LogP contribution in [0.2, 0.25) is 0 Å². The van der Waals surface area contributed by atoms with Gasteiger partial charge in [-0.2, -0.15) is 0 Å². The molecule has 3 heterocycles. The lowest BCUT2D eigenvalue weighted by molar-refractivity contribution is -0.122. The van der Waals surface area contributed by atoms with Crippen LogP contribution in [0.25, 0.3) is 10.2 Å². The monoisotopic (exact) mass is 356 g/mol. The van der Waals surface area contributed by atoms with Crippen LogP contribution in [0.15, 0.2) is 22.6 Å². The lowest BCUT2D eigenvalue weighted by atomic mass is 10.00. The highest BCUT2D eigenvalue weighted by Gasteiger charge is 2.22. The van der Waals surface area contributed by atoms with E-state index in [1.54, 1.807) is 6.07 Å². The van der Waals surface area contributed by atoms with Gasteiger partial charge in [-0.05, 0) is 37.8 Å². The second-order valence-corrected chi connectivity index (χ2v) is 6.59. The molecule has 6 nitrogen and oxygen atoms in total.